The van der Waals surface area contributed by atoms with Gasteiger partial charge in [0.05, 0.1) is 31.6 Å². The standard InChI is InChI=1S/C19H34N2O6/c1-12(2)7-15(11-22)20-16(23)13-8-14(17(24)26-6)10-21(9-13)18(25)27-19(3,4)5/h12-15,22H,7-11H2,1-6H3,(H,20,23)/t13-,14+,15?/m0/s1. The van der Waals surface area contributed by atoms with E-state index in [1.54, 1.807) is 20.8 Å². The average Bonchev–Trinajstić information content (AvgIpc) is 2.57. The second-order valence-corrected chi connectivity index (χ2v) is 8.56. The van der Waals surface area contributed by atoms with Crippen LogP contribution in [0.2, 0.25) is 0 Å². The van der Waals surface area contributed by atoms with Crippen LogP contribution in [-0.4, -0.2) is 66.4 Å². The van der Waals surface area contributed by atoms with E-state index in [0.717, 1.165) is 0 Å². The molecular formula is C19H34N2O6. The van der Waals surface area contributed by atoms with Gasteiger partial charge in [-0.3, -0.25) is 9.59 Å². The van der Waals surface area contributed by atoms with Crippen molar-refractivity contribution < 1.29 is 29.0 Å². The molecule has 1 unspecified atom stereocenters. The number of methoxy groups -OCH3 is 1. The minimum absolute atomic E-state index is 0.154. The van der Waals surface area contributed by atoms with Crippen molar-refractivity contribution in [2.75, 3.05) is 26.8 Å². The van der Waals surface area contributed by atoms with Crippen LogP contribution in [-0.2, 0) is 19.1 Å². The van der Waals surface area contributed by atoms with Gasteiger partial charge in [0.2, 0.25) is 5.91 Å². The Hall–Kier alpha value is -1.83. The second-order valence-electron chi connectivity index (χ2n) is 8.56. The Labute approximate surface area is 161 Å². The van der Waals surface area contributed by atoms with Gasteiger partial charge in [0.15, 0.2) is 0 Å². The van der Waals surface area contributed by atoms with Crippen molar-refractivity contribution in [2.45, 2.75) is 59.1 Å². The van der Waals surface area contributed by atoms with Crippen molar-refractivity contribution in [3.63, 3.8) is 0 Å². The summed E-state index contributed by atoms with van der Waals surface area (Å²) in [5.41, 5.74) is -0.674. The SMILES string of the molecule is COC(=O)[C@@H]1C[C@H](C(=O)NC(CO)CC(C)C)CN(C(=O)OC(C)(C)C)C1. The number of aliphatic hydroxyl groups is 1. The maximum absolute atomic E-state index is 12.7. The van der Waals surface area contributed by atoms with Crippen molar-refractivity contribution in [1.29, 1.82) is 0 Å². The van der Waals surface area contributed by atoms with Crippen LogP contribution in [0.15, 0.2) is 0 Å². The number of nitrogens with zero attached hydrogens (tertiary/aromatic N) is 1. The first-order chi connectivity index (χ1) is 12.5. The maximum atomic E-state index is 12.7. The quantitative estimate of drug-likeness (QED) is 0.671. The van der Waals surface area contributed by atoms with Crippen LogP contribution in [0, 0.1) is 17.8 Å². The molecule has 1 rings (SSSR count). The minimum atomic E-state index is -0.674. The number of carbonyl (C=O) groups excluding carboxylic acids is 3. The number of ether oxygens (including phenoxy) is 2. The predicted molar refractivity (Wildman–Crippen MR) is 99.9 cm³/mol. The third-order valence-electron chi connectivity index (χ3n) is 4.33. The zero-order valence-corrected chi connectivity index (χ0v) is 17.3. The Morgan fingerprint density at radius 2 is 1.78 bits per heavy atom. The Morgan fingerprint density at radius 3 is 2.26 bits per heavy atom. The molecule has 8 heteroatoms. The van der Waals surface area contributed by atoms with Gasteiger partial charge in [-0.1, -0.05) is 13.8 Å². The summed E-state index contributed by atoms with van der Waals surface area (Å²) in [5, 5.41) is 12.3. The van der Waals surface area contributed by atoms with E-state index < -0.39 is 29.5 Å². The van der Waals surface area contributed by atoms with Gasteiger partial charge in [-0.2, -0.15) is 0 Å². The molecule has 1 heterocycles. The first-order valence-corrected chi connectivity index (χ1v) is 9.43. The highest BCUT2D eigenvalue weighted by molar-refractivity contribution is 5.82. The number of aliphatic hydroxyl groups excluding tert-OH is 1. The topological polar surface area (TPSA) is 105 Å². The van der Waals surface area contributed by atoms with Gasteiger partial charge in [-0.25, -0.2) is 4.79 Å². The summed E-state index contributed by atoms with van der Waals surface area (Å²) in [7, 11) is 1.29. The Bertz CT molecular complexity index is 529. The number of hydrogen-bond donors (Lipinski definition) is 2. The van der Waals surface area contributed by atoms with E-state index in [1.807, 2.05) is 13.8 Å². The smallest absolute Gasteiger partial charge is 0.410 e. The molecule has 2 N–H and O–H groups in total. The highest BCUT2D eigenvalue weighted by Crippen LogP contribution is 2.25. The van der Waals surface area contributed by atoms with Gasteiger partial charge in [-0.15, -0.1) is 0 Å². The molecule has 0 saturated carbocycles. The normalized spacial score (nSPS) is 21.6. The molecule has 156 valence electrons. The molecule has 0 bridgehead atoms. The van der Waals surface area contributed by atoms with E-state index in [1.165, 1.54) is 12.0 Å². The molecule has 1 saturated heterocycles. The van der Waals surface area contributed by atoms with E-state index in [2.05, 4.69) is 5.32 Å². The van der Waals surface area contributed by atoms with Gasteiger partial charge in [0.25, 0.3) is 0 Å². The lowest BCUT2D eigenvalue weighted by atomic mass is 9.88. The van der Waals surface area contributed by atoms with Crippen molar-refractivity contribution in [2.24, 2.45) is 17.8 Å². The number of carbonyl (C=O) groups is 3. The zero-order chi connectivity index (χ0) is 20.8. The Kier molecular flexibility index (Phi) is 8.53. The molecule has 0 radical (unpaired) electrons. The molecule has 0 aromatic heterocycles. The summed E-state index contributed by atoms with van der Waals surface area (Å²) in [4.78, 5) is 38.6. The lowest BCUT2D eigenvalue weighted by Gasteiger charge is -2.37. The maximum Gasteiger partial charge on any atom is 0.410 e. The highest BCUT2D eigenvalue weighted by atomic mass is 16.6. The van der Waals surface area contributed by atoms with Crippen LogP contribution >= 0.6 is 0 Å². The number of esters is 1. The molecule has 0 aromatic rings. The van der Waals surface area contributed by atoms with Gasteiger partial charge in [-0.05, 0) is 39.5 Å². The van der Waals surface area contributed by atoms with E-state index in [-0.39, 0.29) is 38.1 Å². The van der Waals surface area contributed by atoms with Crippen LogP contribution in [0.3, 0.4) is 0 Å². The summed E-state index contributed by atoms with van der Waals surface area (Å²) in [6, 6.07) is -0.356. The molecular weight excluding hydrogens is 352 g/mol. The molecule has 1 fully saturated rings. The van der Waals surface area contributed by atoms with Gasteiger partial charge >= 0.3 is 12.1 Å². The molecule has 0 spiro atoms. The molecule has 1 aliphatic heterocycles. The first kappa shape index (κ1) is 23.2. The van der Waals surface area contributed by atoms with Gasteiger partial charge < -0.3 is 24.8 Å². The third-order valence-corrected chi connectivity index (χ3v) is 4.33. The summed E-state index contributed by atoms with van der Waals surface area (Å²) in [6.07, 6.45) is 0.373. The number of likely N-dealkylation sites (tertiary alicyclic amines) is 1. The van der Waals surface area contributed by atoms with Gasteiger partial charge in [0, 0.05) is 13.1 Å². The Balaban J connectivity index is 2.88. The van der Waals surface area contributed by atoms with Crippen molar-refractivity contribution in [3.8, 4) is 0 Å². The summed E-state index contributed by atoms with van der Waals surface area (Å²) < 4.78 is 10.2. The van der Waals surface area contributed by atoms with Crippen LogP contribution < -0.4 is 5.32 Å². The second kappa shape index (κ2) is 9.92. The molecule has 8 nitrogen and oxygen atoms in total. The first-order valence-electron chi connectivity index (χ1n) is 9.43. The molecule has 1 aliphatic rings. The lowest BCUT2D eigenvalue weighted by Crippen LogP contribution is -2.53. The number of hydrogen-bond acceptors (Lipinski definition) is 6. The minimum Gasteiger partial charge on any atom is -0.469 e. The van der Waals surface area contributed by atoms with Crippen molar-refractivity contribution >= 4 is 18.0 Å². The van der Waals surface area contributed by atoms with E-state index in [0.29, 0.717) is 12.3 Å². The summed E-state index contributed by atoms with van der Waals surface area (Å²) in [5.74, 6) is -1.59. The third kappa shape index (κ3) is 7.74. The highest BCUT2D eigenvalue weighted by Gasteiger charge is 2.39. The molecule has 3 atom stereocenters. The fourth-order valence-corrected chi connectivity index (χ4v) is 3.17. The van der Waals surface area contributed by atoms with Gasteiger partial charge in [0.1, 0.15) is 5.60 Å². The van der Waals surface area contributed by atoms with Crippen molar-refractivity contribution in [1.82, 2.24) is 10.2 Å². The largest absolute Gasteiger partial charge is 0.469 e. The van der Waals surface area contributed by atoms with E-state index in [9.17, 15) is 19.5 Å². The number of amides is 2. The monoisotopic (exact) mass is 386 g/mol. The number of nitrogens with one attached hydrogen (secondary N) is 1. The molecule has 2 amide bonds. The average molecular weight is 386 g/mol. The fourth-order valence-electron chi connectivity index (χ4n) is 3.17. The number of piperidine rings is 1. The van der Waals surface area contributed by atoms with Crippen LogP contribution in [0.25, 0.3) is 0 Å². The summed E-state index contributed by atoms with van der Waals surface area (Å²) in [6.45, 7) is 9.44. The summed E-state index contributed by atoms with van der Waals surface area (Å²) >= 11 is 0. The predicted octanol–water partition coefficient (Wildman–Crippen LogP) is 1.56. The molecule has 27 heavy (non-hydrogen) atoms. The number of rotatable bonds is 6. The van der Waals surface area contributed by atoms with Crippen LogP contribution in [0.5, 0.6) is 0 Å². The lowest BCUT2D eigenvalue weighted by molar-refractivity contribution is -0.148. The van der Waals surface area contributed by atoms with Crippen LogP contribution in [0.4, 0.5) is 4.79 Å². The molecule has 0 aliphatic carbocycles. The van der Waals surface area contributed by atoms with E-state index in [4.69, 9.17) is 9.47 Å². The fraction of sp³-hybridized carbons (Fsp3) is 0.842. The van der Waals surface area contributed by atoms with Crippen LogP contribution in [0.1, 0.15) is 47.5 Å². The molecule has 0 aromatic carbocycles. The van der Waals surface area contributed by atoms with E-state index >= 15 is 0 Å². The Morgan fingerprint density at radius 1 is 1.19 bits per heavy atom. The zero-order valence-electron chi connectivity index (χ0n) is 17.3. The van der Waals surface area contributed by atoms with Crippen molar-refractivity contribution in [3.05, 3.63) is 0 Å².